The Hall–Kier alpha value is -2.69. The van der Waals surface area contributed by atoms with Crippen molar-refractivity contribution in [1.29, 1.82) is 0 Å². The molecule has 1 heterocycles. The van der Waals surface area contributed by atoms with Crippen LogP contribution in [0.2, 0.25) is 0 Å². The van der Waals surface area contributed by atoms with Gasteiger partial charge in [-0.2, -0.15) is 8.78 Å². The van der Waals surface area contributed by atoms with Gasteiger partial charge in [0, 0.05) is 10.6 Å². The summed E-state index contributed by atoms with van der Waals surface area (Å²) in [5.41, 5.74) is -0.769. The van der Waals surface area contributed by atoms with E-state index in [9.17, 15) is 28.0 Å². The molecule has 1 aromatic rings. The summed E-state index contributed by atoms with van der Waals surface area (Å²) >= 11 is 0.375. The number of nitrogens with one attached hydrogen (secondary N) is 2. The molecule has 0 aliphatic carbocycles. The number of anilines is 1. The summed E-state index contributed by atoms with van der Waals surface area (Å²) < 4.78 is 29.2. The number of halogens is 2. The number of benzene rings is 1. The smallest absolute Gasteiger partial charge is 0.326 e. The zero-order valence-corrected chi connectivity index (χ0v) is 15.3. The third-order valence-corrected chi connectivity index (χ3v) is 4.18. The molecular formula is C16H17F2N3O5S. The Labute approximate surface area is 157 Å². The highest BCUT2D eigenvalue weighted by molar-refractivity contribution is 7.99. The van der Waals surface area contributed by atoms with Crippen LogP contribution in [-0.2, 0) is 19.1 Å². The van der Waals surface area contributed by atoms with Crippen molar-refractivity contribution in [3.8, 4) is 0 Å². The zero-order chi connectivity index (χ0) is 20.2. The Balaban J connectivity index is 1.79. The molecule has 0 aromatic heterocycles. The highest BCUT2D eigenvalue weighted by Crippen LogP contribution is 2.26. The molecule has 2 N–H and O–H groups in total. The second kappa shape index (κ2) is 8.33. The van der Waals surface area contributed by atoms with E-state index in [0.29, 0.717) is 27.2 Å². The van der Waals surface area contributed by atoms with Gasteiger partial charge in [-0.15, -0.1) is 0 Å². The molecule has 1 aromatic carbocycles. The lowest BCUT2D eigenvalue weighted by Crippen LogP contribution is -2.41. The van der Waals surface area contributed by atoms with E-state index < -0.39 is 48.3 Å². The molecule has 0 saturated carbocycles. The molecular weight excluding hydrogens is 384 g/mol. The molecule has 0 spiro atoms. The summed E-state index contributed by atoms with van der Waals surface area (Å²) in [6.45, 7) is 1.76. The highest BCUT2D eigenvalue weighted by atomic mass is 32.2. The van der Waals surface area contributed by atoms with Gasteiger partial charge in [0.05, 0.1) is 0 Å². The molecule has 0 atom stereocenters. The first-order chi connectivity index (χ1) is 12.6. The number of hydrogen-bond acceptors (Lipinski definition) is 6. The summed E-state index contributed by atoms with van der Waals surface area (Å²) in [4.78, 5) is 48.2. The minimum atomic E-state index is -2.54. The number of rotatable bonds is 7. The van der Waals surface area contributed by atoms with Crippen molar-refractivity contribution in [3.63, 3.8) is 0 Å². The van der Waals surface area contributed by atoms with Crippen LogP contribution in [0, 0.1) is 0 Å². The molecule has 1 aliphatic heterocycles. The maximum Gasteiger partial charge on any atom is 0.326 e. The lowest BCUT2D eigenvalue weighted by Gasteiger charge is -2.15. The van der Waals surface area contributed by atoms with Crippen molar-refractivity contribution in [2.75, 3.05) is 18.5 Å². The number of urea groups is 1. The number of ether oxygens (including phenoxy) is 1. The maximum atomic E-state index is 12.2. The van der Waals surface area contributed by atoms with Crippen LogP contribution in [-0.4, -0.2) is 53.2 Å². The van der Waals surface area contributed by atoms with Crippen molar-refractivity contribution in [2.45, 2.75) is 30.0 Å². The summed E-state index contributed by atoms with van der Waals surface area (Å²) in [5.74, 6) is -4.69. The molecule has 11 heteroatoms. The predicted octanol–water partition coefficient (Wildman–Crippen LogP) is 1.81. The first-order valence-corrected chi connectivity index (χ1v) is 8.61. The number of amides is 4. The van der Waals surface area contributed by atoms with E-state index in [1.54, 1.807) is 0 Å². The topological polar surface area (TPSA) is 105 Å². The average Bonchev–Trinajstić information content (AvgIpc) is 2.76. The second-order valence-corrected chi connectivity index (χ2v) is 7.12. The van der Waals surface area contributed by atoms with Crippen LogP contribution in [0.25, 0.3) is 0 Å². The Morgan fingerprint density at radius 1 is 1.26 bits per heavy atom. The molecule has 8 nitrogen and oxygen atoms in total. The third kappa shape index (κ3) is 5.64. The number of nitrogens with zero attached hydrogens (tertiary/aromatic N) is 1. The van der Waals surface area contributed by atoms with E-state index in [1.807, 2.05) is 0 Å². The van der Waals surface area contributed by atoms with E-state index in [1.165, 1.54) is 38.1 Å². The molecule has 0 bridgehead atoms. The summed E-state index contributed by atoms with van der Waals surface area (Å²) in [6.07, 6.45) is 0. The average molecular weight is 401 g/mol. The predicted molar refractivity (Wildman–Crippen MR) is 92.2 cm³/mol. The number of alkyl halides is 2. The Morgan fingerprint density at radius 3 is 2.41 bits per heavy atom. The summed E-state index contributed by atoms with van der Waals surface area (Å²) in [5, 5.41) is 4.84. The van der Waals surface area contributed by atoms with E-state index in [2.05, 4.69) is 10.6 Å². The van der Waals surface area contributed by atoms with Crippen LogP contribution in [0.3, 0.4) is 0 Å². The number of carbonyl (C=O) groups excluding carboxylic acids is 4. The van der Waals surface area contributed by atoms with E-state index in [-0.39, 0.29) is 0 Å². The minimum absolute atomic E-state index is 0.338. The van der Waals surface area contributed by atoms with Crippen molar-refractivity contribution in [2.24, 2.45) is 0 Å². The van der Waals surface area contributed by atoms with Gasteiger partial charge in [-0.25, -0.2) is 4.79 Å². The molecule has 146 valence electrons. The number of esters is 1. The number of imide groups is 1. The van der Waals surface area contributed by atoms with Crippen molar-refractivity contribution >= 4 is 41.3 Å². The van der Waals surface area contributed by atoms with Gasteiger partial charge < -0.3 is 15.4 Å². The Morgan fingerprint density at radius 2 is 1.89 bits per heavy atom. The number of carbonyl (C=O) groups is 4. The third-order valence-electron chi connectivity index (χ3n) is 3.46. The monoisotopic (exact) mass is 401 g/mol. The van der Waals surface area contributed by atoms with Crippen LogP contribution in [0.5, 0.6) is 0 Å². The Kier molecular flexibility index (Phi) is 6.37. The highest BCUT2D eigenvalue weighted by Gasteiger charge is 2.45. The van der Waals surface area contributed by atoms with Crippen LogP contribution in [0.15, 0.2) is 29.2 Å². The second-order valence-electron chi connectivity index (χ2n) is 6.06. The van der Waals surface area contributed by atoms with Gasteiger partial charge >= 0.3 is 12.0 Å². The zero-order valence-electron chi connectivity index (χ0n) is 14.5. The normalized spacial score (nSPS) is 15.7. The number of hydrogen-bond donors (Lipinski definition) is 2. The van der Waals surface area contributed by atoms with Crippen LogP contribution in [0.1, 0.15) is 13.8 Å². The van der Waals surface area contributed by atoms with Crippen LogP contribution < -0.4 is 10.6 Å². The van der Waals surface area contributed by atoms with E-state index in [4.69, 9.17) is 4.74 Å². The quantitative estimate of drug-likeness (QED) is 0.410. The number of thioether (sulfide) groups is 1. The maximum absolute atomic E-state index is 12.2. The van der Waals surface area contributed by atoms with Crippen LogP contribution >= 0.6 is 11.8 Å². The fraction of sp³-hybridized carbons (Fsp3) is 0.375. The lowest BCUT2D eigenvalue weighted by molar-refractivity contribution is -0.150. The fourth-order valence-electron chi connectivity index (χ4n) is 2.20. The van der Waals surface area contributed by atoms with Gasteiger partial charge in [0.2, 0.25) is 0 Å². The fourth-order valence-corrected chi connectivity index (χ4v) is 2.70. The SMILES string of the molecule is CC1(C)NC(=O)N(CC(=O)OCC(=O)Nc2ccc(SC(F)F)cc2)C1=O. The summed E-state index contributed by atoms with van der Waals surface area (Å²) in [7, 11) is 0. The van der Waals surface area contributed by atoms with Gasteiger partial charge in [0.1, 0.15) is 12.1 Å². The Bertz CT molecular complexity index is 755. The van der Waals surface area contributed by atoms with Gasteiger partial charge in [0.15, 0.2) is 6.61 Å². The molecule has 0 radical (unpaired) electrons. The molecule has 2 rings (SSSR count). The molecule has 0 unspecified atom stereocenters. The van der Waals surface area contributed by atoms with Crippen molar-refractivity contribution in [1.82, 2.24) is 10.2 Å². The van der Waals surface area contributed by atoms with Gasteiger partial charge in [-0.3, -0.25) is 19.3 Å². The minimum Gasteiger partial charge on any atom is -0.454 e. The molecule has 1 saturated heterocycles. The van der Waals surface area contributed by atoms with Gasteiger partial charge in [0.25, 0.3) is 17.6 Å². The van der Waals surface area contributed by atoms with E-state index in [0.717, 1.165) is 0 Å². The molecule has 1 fully saturated rings. The van der Waals surface area contributed by atoms with Crippen molar-refractivity contribution in [3.05, 3.63) is 24.3 Å². The molecule has 4 amide bonds. The van der Waals surface area contributed by atoms with Gasteiger partial charge in [-0.1, -0.05) is 11.8 Å². The van der Waals surface area contributed by atoms with Gasteiger partial charge in [-0.05, 0) is 38.1 Å². The standard InChI is InChI=1S/C16H17F2N3O5S/c1-16(2)13(24)21(15(25)20-16)7-12(23)26-8-11(22)19-9-3-5-10(6-4-9)27-14(17)18/h3-6,14H,7-8H2,1-2H3,(H,19,22)(H,20,25). The lowest BCUT2D eigenvalue weighted by atomic mass is 10.1. The largest absolute Gasteiger partial charge is 0.454 e. The first-order valence-electron chi connectivity index (χ1n) is 7.73. The summed E-state index contributed by atoms with van der Waals surface area (Å²) in [6, 6.07) is 4.97. The first kappa shape index (κ1) is 20.6. The van der Waals surface area contributed by atoms with Crippen LogP contribution in [0.4, 0.5) is 19.3 Å². The van der Waals surface area contributed by atoms with E-state index >= 15 is 0 Å². The molecule has 1 aliphatic rings. The molecule has 27 heavy (non-hydrogen) atoms. The van der Waals surface area contributed by atoms with Crippen molar-refractivity contribution < 1.29 is 32.7 Å².